The highest BCUT2D eigenvalue weighted by atomic mass is 32.2. The molecule has 3 nitrogen and oxygen atoms in total. The third-order valence-electron chi connectivity index (χ3n) is 3.28. The van der Waals surface area contributed by atoms with Gasteiger partial charge in [0.1, 0.15) is 0 Å². The maximum absolute atomic E-state index is 12.3. The summed E-state index contributed by atoms with van der Waals surface area (Å²) in [4.78, 5) is 23.8. The van der Waals surface area contributed by atoms with Crippen LogP contribution in [0.2, 0.25) is 0 Å². The summed E-state index contributed by atoms with van der Waals surface area (Å²) in [6.45, 7) is 3.88. The summed E-state index contributed by atoms with van der Waals surface area (Å²) in [7, 11) is 0. The fourth-order valence-corrected chi connectivity index (χ4v) is 2.99. The quantitative estimate of drug-likeness (QED) is 0.832. The van der Waals surface area contributed by atoms with Crippen molar-refractivity contribution in [2.45, 2.75) is 37.1 Å². The topological polar surface area (TPSA) is 46.2 Å². The van der Waals surface area contributed by atoms with Crippen LogP contribution >= 0.6 is 11.8 Å². The van der Waals surface area contributed by atoms with Gasteiger partial charge in [-0.25, -0.2) is 0 Å². The van der Waals surface area contributed by atoms with Crippen molar-refractivity contribution < 1.29 is 22.8 Å². The Kier molecular flexibility index (Phi) is 4.89. The van der Waals surface area contributed by atoms with Crippen molar-refractivity contribution in [1.82, 2.24) is 5.32 Å². The Morgan fingerprint density at radius 2 is 1.78 bits per heavy atom. The average molecular weight is 343 g/mol. The Bertz CT molecular complexity index is 648. The first-order chi connectivity index (χ1) is 10.5. The van der Waals surface area contributed by atoms with Crippen LogP contribution in [0.4, 0.5) is 13.2 Å². The molecule has 0 bridgehead atoms. The normalized spacial score (nSPS) is 17.6. The first-order valence-electron chi connectivity index (χ1n) is 6.95. The van der Waals surface area contributed by atoms with Gasteiger partial charge in [-0.1, -0.05) is 13.8 Å². The number of alkyl halides is 3. The molecule has 0 atom stereocenters. The third kappa shape index (κ3) is 5.42. The van der Waals surface area contributed by atoms with Crippen molar-refractivity contribution in [3.05, 3.63) is 41.6 Å². The van der Waals surface area contributed by atoms with E-state index in [1.165, 1.54) is 30.3 Å². The maximum Gasteiger partial charge on any atom is 0.446 e. The van der Waals surface area contributed by atoms with Crippen LogP contribution in [0.25, 0.3) is 0 Å². The van der Waals surface area contributed by atoms with Crippen molar-refractivity contribution in [2.24, 2.45) is 5.41 Å². The summed E-state index contributed by atoms with van der Waals surface area (Å²) < 4.78 is 36.8. The fraction of sp³-hybridized carbons (Fsp3) is 0.375. The zero-order valence-corrected chi connectivity index (χ0v) is 13.5. The third-order valence-corrected chi connectivity index (χ3v) is 4.02. The van der Waals surface area contributed by atoms with E-state index in [0.717, 1.165) is 0 Å². The summed E-state index contributed by atoms with van der Waals surface area (Å²) in [6.07, 6.45) is 2.40. The molecule has 0 aromatic heterocycles. The smallest absolute Gasteiger partial charge is 0.326 e. The lowest BCUT2D eigenvalue weighted by Gasteiger charge is -2.28. The monoisotopic (exact) mass is 343 g/mol. The molecule has 0 radical (unpaired) electrons. The predicted octanol–water partition coefficient (Wildman–Crippen LogP) is 4.30. The summed E-state index contributed by atoms with van der Waals surface area (Å²) in [5, 5.41) is 2.66. The molecule has 0 saturated heterocycles. The average Bonchev–Trinajstić information content (AvgIpc) is 2.34. The number of carbonyl (C=O) groups excluding carboxylic acids is 2. The number of rotatable bonds is 3. The van der Waals surface area contributed by atoms with E-state index in [2.05, 4.69) is 5.32 Å². The molecule has 2 rings (SSSR count). The molecule has 0 fully saturated rings. The van der Waals surface area contributed by atoms with Crippen LogP contribution in [0.15, 0.2) is 40.9 Å². The summed E-state index contributed by atoms with van der Waals surface area (Å²) in [5.74, 6) is -0.487. The second-order valence-corrected chi connectivity index (χ2v) is 7.32. The van der Waals surface area contributed by atoms with Crippen molar-refractivity contribution in [3.8, 4) is 0 Å². The van der Waals surface area contributed by atoms with Crippen LogP contribution in [0.3, 0.4) is 0 Å². The maximum atomic E-state index is 12.3. The molecule has 0 spiro atoms. The van der Waals surface area contributed by atoms with Gasteiger partial charge in [-0.2, -0.15) is 13.2 Å². The Labute approximate surface area is 136 Å². The van der Waals surface area contributed by atoms with Gasteiger partial charge in [-0.05, 0) is 47.9 Å². The minimum Gasteiger partial charge on any atom is -0.326 e. The molecule has 23 heavy (non-hydrogen) atoms. The van der Waals surface area contributed by atoms with E-state index in [1.54, 1.807) is 0 Å². The second kappa shape index (κ2) is 6.39. The van der Waals surface area contributed by atoms with E-state index >= 15 is 0 Å². The summed E-state index contributed by atoms with van der Waals surface area (Å²) in [6, 6.07) is 5.16. The molecule has 124 valence electrons. The van der Waals surface area contributed by atoms with E-state index in [1.807, 2.05) is 13.8 Å². The molecular weight excluding hydrogens is 327 g/mol. The highest BCUT2D eigenvalue weighted by Gasteiger charge is 2.30. The summed E-state index contributed by atoms with van der Waals surface area (Å²) in [5.41, 5.74) is -3.80. The number of amides is 1. The molecule has 1 aromatic carbocycles. The first-order valence-corrected chi connectivity index (χ1v) is 7.76. The van der Waals surface area contributed by atoms with Gasteiger partial charge in [0.2, 0.25) is 0 Å². The lowest BCUT2D eigenvalue weighted by Crippen LogP contribution is -2.31. The number of hydrogen-bond acceptors (Lipinski definition) is 3. The number of thioether (sulfide) groups is 1. The van der Waals surface area contributed by atoms with E-state index in [0.29, 0.717) is 18.5 Å². The van der Waals surface area contributed by atoms with Crippen LogP contribution < -0.4 is 5.32 Å². The van der Waals surface area contributed by atoms with Gasteiger partial charge < -0.3 is 5.32 Å². The number of allylic oxidation sites excluding steroid dienone is 2. The fourth-order valence-electron chi connectivity index (χ4n) is 2.45. The van der Waals surface area contributed by atoms with E-state index in [-0.39, 0.29) is 33.4 Å². The molecular formula is C16H16F3NO2S. The molecule has 1 N–H and O–H groups in total. The zero-order chi connectivity index (χ0) is 17.3. The SMILES string of the molecule is CC1(C)CC(=O)C=C(NC(=O)c2ccc(SC(F)(F)F)cc2)C1. The minimum atomic E-state index is -4.36. The lowest BCUT2D eigenvalue weighted by atomic mass is 9.79. The number of ketones is 1. The minimum absolute atomic E-state index is 0.0160. The lowest BCUT2D eigenvalue weighted by molar-refractivity contribution is -0.117. The van der Waals surface area contributed by atoms with Gasteiger partial charge in [-0.3, -0.25) is 9.59 Å². The van der Waals surface area contributed by atoms with Gasteiger partial charge in [0.25, 0.3) is 5.91 Å². The number of carbonyl (C=O) groups is 2. The largest absolute Gasteiger partial charge is 0.446 e. The van der Waals surface area contributed by atoms with Crippen molar-refractivity contribution in [2.75, 3.05) is 0 Å². The molecule has 1 amide bonds. The number of benzene rings is 1. The molecule has 0 unspecified atom stereocenters. The van der Waals surface area contributed by atoms with Gasteiger partial charge in [0.15, 0.2) is 5.78 Å². The molecule has 0 heterocycles. The Balaban J connectivity index is 2.05. The number of nitrogens with one attached hydrogen (secondary N) is 1. The highest BCUT2D eigenvalue weighted by molar-refractivity contribution is 8.00. The van der Waals surface area contributed by atoms with Crippen LogP contribution in [0.5, 0.6) is 0 Å². The van der Waals surface area contributed by atoms with Crippen LogP contribution in [-0.4, -0.2) is 17.2 Å². The van der Waals surface area contributed by atoms with Gasteiger partial charge in [0, 0.05) is 28.7 Å². The standard InChI is InChI=1S/C16H16F3NO2S/c1-15(2)8-11(7-12(21)9-15)20-14(22)10-3-5-13(6-4-10)23-16(17,18)19/h3-7H,8-9H2,1-2H3,(H,20,22). The van der Waals surface area contributed by atoms with Crippen LogP contribution in [-0.2, 0) is 4.79 Å². The van der Waals surface area contributed by atoms with Gasteiger partial charge >= 0.3 is 5.51 Å². The second-order valence-electron chi connectivity index (χ2n) is 6.18. The number of hydrogen-bond donors (Lipinski definition) is 1. The molecule has 1 aliphatic carbocycles. The zero-order valence-electron chi connectivity index (χ0n) is 12.7. The molecule has 1 aliphatic rings. The molecule has 0 saturated carbocycles. The highest BCUT2D eigenvalue weighted by Crippen LogP contribution is 2.37. The van der Waals surface area contributed by atoms with E-state index < -0.39 is 11.4 Å². The van der Waals surface area contributed by atoms with E-state index in [9.17, 15) is 22.8 Å². The Morgan fingerprint density at radius 1 is 1.17 bits per heavy atom. The van der Waals surface area contributed by atoms with Crippen molar-refractivity contribution in [3.63, 3.8) is 0 Å². The first kappa shape index (κ1) is 17.6. The van der Waals surface area contributed by atoms with Gasteiger partial charge in [-0.15, -0.1) is 0 Å². The summed E-state index contributed by atoms with van der Waals surface area (Å²) >= 11 is -0.231. The van der Waals surface area contributed by atoms with Gasteiger partial charge in [0.05, 0.1) is 0 Å². The van der Waals surface area contributed by atoms with Crippen molar-refractivity contribution in [1.29, 1.82) is 0 Å². The number of halogens is 3. The Hall–Kier alpha value is -1.76. The molecule has 1 aromatic rings. The van der Waals surface area contributed by atoms with Crippen LogP contribution in [0, 0.1) is 5.41 Å². The van der Waals surface area contributed by atoms with Crippen LogP contribution in [0.1, 0.15) is 37.0 Å². The Morgan fingerprint density at radius 3 is 2.30 bits per heavy atom. The predicted molar refractivity (Wildman–Crippen MR) is 81.9 cm³/mol. The molecule has 0 aliphatic heterocycles. The van der Waals surface area contributed by atoms with Crippen molar-refractivity contribution >= 4 is 23.5 Å². The van der Waals surface area contributed by atoms with E-state index in [4.69, 9.17) is 0 Å². The molecule has 7 heteroatoms.